The molecule has 0 aliphatic heterocycles. The average Bonchev–Trinajstić information content (AvgIpc) is 2.50. The molecule has 2 aromatic rings. The third kappa shape index (κ3) is 4.65. The summed E-state index contributed by atoms with van der Waals surface area (Å²) in [4.78, 5) is 0. The molecule has 4 nitrogen and oxygen atoms in total. The van der Waals surface area contributed by atoms with Crippen LogP contribution in [0.1, 0.15) is 5.56 Å². The Morgan fingerprint density at radius 1 is 1.14 bits per heavy atom. The Morgan fingerprint density at radius 3 is 2.57 bits per heavy atom. The minimum atomic E-state index is 0.592. The van der Waals surface area contributed by atoms with Gasteiger partial charge in [-0.25, -0.2) is 0 Å². The SMILES string of the molecule is COc1ccccc1CCNC(=S)Nc1ccc(N)cc1. The monoisotopic (exact) mass is 301 g/mol. The molecule has 0 fully saturated rings. The molecule has 2 aromatic carbocycles. The van der Waals surface area contributed by atoms with Gasteiger partial charge in [0.1, 0.15) is 5.75 Å². The van der Waals surface area contributed by atoms with Crippen molar-refractivity contribution >= 4 is 28.7 Å². The number of para-hydroxylation sites is 1. The van der Waals surface area contributed by atoms with Crippen LogP contribution in [0.5, 0.6) is 5.75 Å². The van der Waals surface area contributed by atoms with Crippen LogP contribution in [0.2, 0.25) is 0 Å². The first-order chi connectivity index (χ1) is 10.2. The maximum Gasteiger partial charge on any atom is 0.170 e. The summed E-state index contributed by atoms with van der Waals surface area (Å²) >= 11 is 5.26. The average molecular weight is 301 g/mol. The predicted octanol–water partition coefficient (Wildman–Crippen LogP) is 2.81. The molecule has 0 spiro atoms. The number of methoxy groups -OCH3 is 1. The van der Waals surface area contributed by atoms with E-state index in [9.17, 15) is 0 Å². The molecule has 0 radical (unpaired) electrons. The second kappa shape index (κ2) is 7.50. The molecule has 0 aliphatic rings. The number of nitrogens with two attached hydrogens (primary N) is 1. The Morgan fingerprint density at radius 2 is 1.86 bits per heavy atom. The van der Waals surface area contributed by atoms with E-state index >= 15 is 0 Å². The molecule has 0 heterocycles. The van der Waals surface area contributed by atoms with E-state index in [0.717, 1.165) is 35.7 Å². The molecule has 21 heavy (non-hydrogen) atoms. The number of benzene rings is 2. The van der Waals surface area contributed by atoms with Gasteiger partial charge in [-0.1, -0.05) is 18.2 Å². The number of nitrogen functional groups attached to an aromatic ring is 1. The van der Waals surface area contributed by atoms with E-state index in [2.05, 4.69) is 16.7 Å². The maximum absolute atomic E-state index is 5.64. The summed E-state index contributed by atoms with van der Waals surface area (Å²) in [7, 11) is 1.68. The Bertz CT molecular complexity index is 599. The van der Waals surface area contributed by atoms with Gasteiger partial charge in [0.25, 0.3) is 0 Å². The minimum Gasteiger partial charge on any atom is -0.496 e. The zero-order valence-electron chi connectivity index (χ0n) is 11.9. The smallest absolute Gasteiger partial charge is 0.170 e. The molecule has 0 bridgehead atoms. The molecular formula is C16H19N3OS. The summed E-state index contributed by atoms with van der Waals surface area (Å²) in [5.41, 5.74) is 8.44. The van der Waals surface area contributed by atoms with E-state index in [1.165, 1.54) is 0 Å². The highest BCUT2D eigenvalue weighted by molar-refractivity contribution is 7.80. The molecule has 5 heteroatoms. The fourth-order valence-electron chi connectivity index (χ4n) is 1.96. The van der Waals surface area contributed by atoms with Crippen molar-refractivity contribution in [3.8, 4) is 5.75 Å². The Kier molecular flexibility index (Phi) is 5.40. The van der Waals surface area contributed by atoms with Crippen LogP contribution in [-0.4, -0.2) is 18.8 Å². The van der Waals surface area contributed by atoms with Crippen LogP contribution in [-0.2, 0) is 6.42 Å². The zero-order valence-corrected chi connectivity index (χ0v) is 12.7. The fraction of sp³-hybridized carbons (Fsp3) is 0.188. The van der Waals surface area contributed by atoms with E-state index < -0.39 is 0 Å². The van der Waals surface area contributed by atoms with Gasteiger partial charge in [0, 0.05) is 17.9 Å². The van der Waals surface area contributed by atoms with Crippen LogP contribution < -0.4 is 21.1 Å². The van der Waals surface area contributed by atoms with E-state index in [4.69, 9.17) is 22.7 Å². The van der Waals surface area contributed by atoms with Crippen LogP contribution in [0.25, 0.3) is 0 Å². The van der Waals surface area contributed by atoms with Crippen molar-refractivity contribution in [2.24, 2.45) is 0 Å². The van der Waals surface area contributed by atoms with Gasteiger partial charge in [0.05, 0.1) is 7.11 Å². The number of rotatable bonds is 5. The summed E-state index contributed by atoms with van der Waals surface area (Å²) in [6, 6.07) is 15.4. The molecule has 0 saturated heterocycles. The number of ether oxygens (including phenoxy) is 1. The highest BCUT2D eigenvalue weighted by Crippen LogP contribution is 2.17. The molecule has 0 saturated carbocycles. The second-order valence-corrected chi connectivity index (χ2v) is 4.97. The first kappa shape index (κ1) is 15.1. The van der Waals surface area contributed by atoms with Crippen molar-refractivity contribution in [1.29, 1.82) is 0 Å². The van der Waals surface area contributed by atoms with Gasteiger partial charge in [-0.05, 0) is 54.5 Å². The topological polar surface area (TPSA) is 59.3 Å². The van der Waals surface area contributed by atoms with Gasteiger partial charge in [0.15, 0.2) is 5.11 Å². The summed E-state index contributed by atoms with van der Waals surface area (Å²) in [6.07, 6.45) is 0.841. The third-order valence-corrected chi connectivity index (χ3v) is 3.29. The number of hydrogen-bond acceptors (Lipinski definition) is 3. The lowest BCUT2D eigenvalue weighted by Crippen LogP contribution is -2.30. The number of hydrogen-bond donors (Lipinski definition) is 3. The van der Waals surface area contributed by atoms with Crippen LogP contribution in [0.15, 0.2) is 48.5 Å². The predicted molar refractivity (Wildman–Crippen MR) is 91.8 cm³/mol. The van der Waals surface area contributed by atoms with E-state index in [0.29, 0.717) is 5.11 Å². The highest BCUT2D eigenvalue weighted by atomic mass is 32.1. The Hall–Kier alpha value is -2.27. The van der Waals surface area contributed by atoms with Crippen molar-refractivity contribution in [3.63, 3.8) is 0 Å². The number of anilines is 2. The Balaban J connectivity index is 1.80. The van der Waals surface area contributed by atoms with E-state index in [-0.39, 0.29) is 0 Å². The van der Waals surface area contributed by atoms with Gasteiger partial charge < -0.3 is 21.1 Å². The third-order valence-electron chi connectivity index (χ3n) is 3.04. The summed E-state index contributed by atoms with van der Waals surface area (Å²) < 4.78 is 5.32. The van der Waals surface area contributed by atoms with Crippen LogP contribution in [0, 0.1) is 0 Å². The zero-order chi connectivity index (χ0) is 15.1. The normalized spacial score (nSPS) is 9.95. The van der Waals surface area contributed by atoms with Crippen molar-refractivity contribution in [2.45, 2.75) is 6.42 Å². The van der Waals surface area contributed by atoms with Crippen LogP contribution in [0.3, 0.4) is 0 Å². The second-order valence-electron chi connectivity index (χ2n) is 4.56. The fourth-order valence-corrected chi connectivity index (χ4v) is 2.18. The van der Waals surface area contributed by atoms with Gasteiger partial charge >= 0.3 is 0 Å². The van der Waals surface area contributed by atoms with Crippen molar-refractivity contribution in [1.82, 2.24) is 5.32 Å². The minimum absolute atomic E-state index is 0.592. The largest absolute Gasteiger partial charge is 0.496 e. The lowest BCUT2D eigenvalue weighted by atomic mass is 10.1. The van der Waals surface area contributed by atoms with Gasteiger partial charge in [-0.3, -0.25) is 0 Å². The highest BCUT2D eigenvalue weighted by Gasteiger charge is 2.02. The lowest BCUT2D eigenvalue weighted by molar-refractivity contribution is 0.409. The molecule has 4 N–H and O–H groups in total. The first-order valence-corrected chi connectivity index (χ1v) is 7.12. The molecule has 0 unspecified atom stereocenters. The molecule has 0 aromatic heterocycles. The molecule has 110 valence electrons. The van der Waals surface area contributed by atoms with Gasteiger partial charge in [0.2, 0.25) is 0 Å². The quantitative estimate of drug-likeness (QED) is 0.585. The molecular weight excluding hydrogens is 282 g/mol. The Labute approximate surface area is 130 Å². The van der Waals surface area contributed by atoms with Crippen molar-refractivity contribution in [2.75, 3.05) is 24.7 Å². The van der Waals surface area contributed by atoms with Gasteiger partial charge in [-0.2, -0.15) is 0 Å². The molecule has 0 aliphatic carbocycles. The number of thiocarbonyl (C=S) groups is 1. The standard InChI is InChI=1S/C16H19N3OS/c1-20-15-5-3-2-4-12(15)10-11-18-16(21)19-14-8-6-13(17)7-9-14/h2-9H,10-11,17H2,1H3,(H2,18,19,21). The van der Waals surface area contributed by atoms with Gasteiger partial charge in [-0.15, -0.1) is 0 Å². The van der Waals surface area contributed by atoms with Crippen LogP contribution in [0.4, 0.5) is 11.4 Å². The molecule has 0 atom stereocenters. The summed E-state index contributed by atoms with van der Waals surface area (Å²) in [5.74, 6) is 0.900. The molecule has 2 rings (SSSR count). The van der Waals surface area contributed by atoms with E-state index in [1.807, 2.05) is 42.5 Å². The summed E-state index contributed by atoms with van der Waals surface area (Å²) in [6.45, 7) is 0.737. The lowest BCUT2D eigenvalue weighted by Gasteiger charge is -2.12. The van der Waals surface area contributed by atoms with Crippen molar-refractivity contribution in [3.05, 3.63) is 54.1 Å². The van der Waals surface area contributed by atoms with E-state index in [1.54, 1.807) is 7.11 Å². The summed E-state index contributed by atoms with van der Waals surface area (Å²) in [5, 5.41) is 6.89. The first-order valence-electron chi connectivity index (χ1n) is 6.71. The number of nitrogens with one attached hydrogen (secondary N) is 2. The van der Waals surface area contributed by atoms with Crippen LogP contribution >= 0.6 is 12.2 Å². The molecule has 0 amide bonds. The maximum atomic E-state index is 5.64. The van der Waals surface area contributed by atoms with Crippen molar-refractivity contribution < 1.29 is 4.74 Å².